The van der Waals surface area contributed by atoms with Gasteiger partial charge in [-0.15, -0.1) is 0 Å². The standard InChI is InChI=1S/C15H19NO5S/c1-11(2)15(18)21-10-4-5-14(17)16-22(19,20)13-8-6-12(3)7-9-13/h6-9H,1,4-5,10H2,2-3H3,(H,16,17). The summed E-state index contributed by atoms with van der Waals surface area (Å²) < 4.78 is 30.7. The highest BCUT2D eigenvalue weighted by Crippen LogP contribution is 2.10. The molecule has 1 aromatic rings. The van der Waals surface area contributed by atoms with Crippen LogP contribution >= 0.6 is 0 Å². The first-order chi connectivity index (χ1) is 10.2. The zero-order valence-corrected chi connectivity index (χ0v) is 13.4. The van der Waals surface area contributed by atoms with E-state index in [1.165, 1.54) is 19.1 Å². The van der Waals surface area contributed by atoms with Crippen molar-refractivity contribution in [2.24, 2.45) is 0 Å². The van der Waals surface area contributed by atoms with Gasteiger partial charge in [0.1, 0.15) is 0 Å². The lowest BCUT2D eigenvalue weighted by Crippen LogP contribution is -2.30. The molecule has 0 radical (unpaired) electrons. The summed E-state index contributed by atoms with van der Waals surface area (Å²) in [5, 5.41) is 0. The van der Waals surface area contributed by atoms with Gasteiger partial charge in [0.15, 0.2) is 0 Å². The lowest BCUT2D eigenvalue weighted by molar-refractivity contribution is -0.139. The highest BCUT2D eigenvalue weighted by atomic mass is 32.2. The van der Waals surface area contributed by atoms with Crippen LogP contribution in [0.4, 0.5) is 0 Å². The molecule has 7 heteroatoms. The van der Waals surface area contributed by atoms with Crippen molar-refractivity contribution in [2.45, 2.75) is 31.6 Å². The van der Waals surface area contributed by atoms with E-state index in [2.05, 4.69) is 6.58 Å². The molecule has 0 heterocycles. The number of hydrogen-bond acceptors (Lipinski definition) is 5. The Morgan fingerprint density at radius 3 is 2.36 bits per heavy atom. The van der Waals surface area contributed by atoms with Crippen LogP contribution in [-0.4, -0.2) is 26.9 Å². The molecule has 0 spiro atoms. The minimum Gasteiger partial charge on any atom is -0.462 e. The topological polar surface area (TPSA) is 89.5 Å². The Balaban J connectivity index is 2.46. The minimum absolute atomic E-state index is 0.0279. The molecule has 0 saturated carbocycles. The maximum Gasteiger partial charge on any atom is 0.333 e. The third kappa shape index (κ3) is 5.69. The molecule has 1 amide bonds. The van der Waals surface area contributed by atoms with Crippen molar-refractivity contribution < 1.29 is 22.7 Å². The van der Waals surface area contributed by atoms with Gasteiger partial charge in [0.25, 0.3) is 10.0 Å². The zero-order chi connectivity index (χ0) is 16.8. The van der Waals surface area contributed by atoms with Gasteiger partial charge in [0.2, 0.25) is 5.91 Å². The average Bonchev–Trinajstić information content (AvgIpc) is 2.43. The van der Waals surface area contributed by atoms with E-state index in [9.17, 15) is 18.0 Å². The number of rotatable bonds is 7. The number of esters is 1. The van der Waals surface area contributed by atoms with Gasteiger partial charge in [-0.25, -0.2) is 17.9 Å². The van der Waals surface area contributed by atoms with E-state index in [1.54, 1.807) is 12.1 Å². The van der Waals surface area contributed by atoms with Gasteiger partial charge < -0.3 is 4.74 Å². The van der Waals surface area contributed by atoms with Crippen LogP contribution in [0.1, 0.15) is 25.3 Å². The summed E-state index contributed by atoms with van der Waals surface area (Å²) >= 11 is 0. The van der Waals surface area contributed by atoms with Crippen LogP contribution < -0.4 is 4.72 Å². The first-order valence-electron chi connectivity index (χ1n) is 6.67. The number of nitrogens with one attached hydrogen (secondary N) is 1. The monoisotopic (exact) mass is 325 g/mol. The smallest absolute Gasteiger partial charge is 0.333 e. The Kier molecular flexibility index (Phi) is 6.30. The molecule has 22 heavy (non-hydrogen) atoms. The van der Waals surface area contributed by atoms with Crippen molar-refractivity contribution in [3.63, 3.8) is 0 Å². The molecular weight excluding hydrogens is 306 g/mol. The molecule has 0 atom stereocenters. The average molecular weight is 325 g/mol. The second kappa shape index (κ2) is 7.74. The van der Waals surface area contributed by atoms with Crippen LogP contribution in [0.15, 0.2) is 41.3 Å². The van der Waals surface area contributed by atoms with Crippen molar-refractivity contribution in [1.82, 2.24) is 4.72 Å². The number of hydrogen-bond donors (Lipinski definition) is 1. The molecule has 0 aliphatic heterocycles. The molecule has 1 aromatic carbocycles. The predicted molar refractivity (Wildman–Crippen MR) is 81.5 cm³/mol. The number of carbonyl (C=O) groups excluding carboxylic acids is 2. The van der Waals surface area contributed by atoms with E-state index >= 15 is 0 Å². The summed E-state index contributed by atoms with van der Waals surface area (Å²) in [6, 6.07) is 6.16. The van der Waals surface area contributed by atoms with Crippen LogP contribution in [0, 0.1) is 6.92 Å². The van der Waals surface area contributed by atoms with Crippen molar-refractivity contribution in [1.29, 1.82) is 0 Å². The molecule has 1 rings (SSSR count). The van der Waals surface area contributed by atoms with E-state index < -0.39 is 21.9 Å². The Labute approximate surface area is 130 Å². The highest BCUT2D eigenvalue weighted by Gasteiger charge is 2.17. The molecule has 0 unspecified atom stereocenters. The quantitative estimate of drug-likeness (QED) is 0.468. The largest absolute Gasteiger partial charge is 0.462 e. The van der Waals surface area contributed by atoms with Gasteiger partial charge in [0.05, 0.1) is 11.5 Å². The van der Waals surface area contributed by atoms with Gasteiger partial charge >= 0.3 is 5.97 Å². The second-order valence-corrected chi connectivity index (χ2v) is 6.54. The van der Waals surface area contributed by atoms with Crippen molar-refractivity contribution in [2.75, 3.05) is 6.61 Å². The first-order valence-corrected chi connectivity index (χ1v) is 8.15. The van der Waals surface area contributed by atoms with Crippen LogP contribution in [0.3, 0.4) is 0 Å². The Morgan fingerprint density at radius 1 is 1.23 bits per heavy atom. The Hall–Kier alpha value is -2.15. The molecule has 120 valence electrons. The molecule has 0 bridgehead atoms. The lowest BCUT2D eigenvalue weighted by atomic mass is 10.2. The summed E-state index contributed by atoms with van der Waals surface area (Å²) in [5.74, 6) is -1.18. The van der Waals surface area contributed by atoms with Crippen LogP contribution in [-0.2, 0) is 24.3 Å². The fraction of sp³-hybridized carbons (Fsp3) is 0.333. The summed E-state index contributed by atoms with van der Waals surface area (Å²) in [7, 11) is -3.86. The van der Waals surface area contributed by atoms with Gasteiger partial charge in [-0.05, 0) is 32.4 Å². The minimum atomic E-state index is -3.86. The molecule has 6 nitrogen and oxygen atoms in total. The molecule has 1 N–H and O–H groups in total. The van der Waals surface area contributed by atoms with E-state index in [0.29, 0.717) is 0 Å². The highest BCUT2D eigenvalue weighted by molar-refractivity contribution is 7.90. The van der Waals surface area contributed by atoms with Crippen LogP contribution in [0.2, 0.25) is 0 Å². The molecule has 0 saturated heterocycles. The Bertz CT molecular complexity index is 662. The Morgan fingerprint density at radius 2 is 1.82 bits per heavy atom. The molecule has 0 aliphatic rings. The van der Waals surface area contributed by atoms with Crippen molar-refractivity contribution in [3.05, 3.63) is 42.0 Å². The number of sulfonamides is 1. The summed E-state index contributed by atoms with van der Waals surface area (Å²) in [5.41, 5.74) is 1.19. The fourth-order valence-corrected chi connectivity index (χ4v) is 2.51. The van der Waals surface area contributed by atoms with Gasteiger partial charge in [-0.2, -0.15) is 0 Å². The SMILES string of the molecule is C=C(C)C(=O)OCCCC(=O)NS(=O)(=O)c1ccc(C)cc1. The van der Waals surface area contributed by atoms with E-state index in [0.717, 1.165) is 5.56 Å². The molecule has 0 fully saturated rings. The second-order valence-electron chi connectivity index (χ2n) is 4.86. The maximum atomic E-state index is 12.0. The zero-order valence-electron chi connectivity index (χ0n) is 12.6. The third-order valence-corrected chi connectivity index (χ3v) is 4.10. The summed E-state index contributed by atoms with van der Waals surface area (Å²) in [4.78, 5) is 22.8. The van der Waals surface area contributed by atoms with E-state index in [-0.39, 0.29) is 29.9 Å². The van der Waals surface area contributed by atoms with Crippen LogP contribution in [0.5, 0.6) is 0 Å². The summed E-state index contributed by atoms with van der Waals surface area (Å²) in [6.45, 7) is 6.81. The molecule has 0 aromatic heterocycles. The van der Waals surface area contributed by atoms with E-state index in [1.807, 2.05) is 11.6 Å². The maximum absolute atomic E-state index is 12.0. The molecule has 0 aliphatic carbocycles. The number of aryl methyl sites for hydroxylation is 1. The van der Waals surface area contributed by atoms with Crippen molar-refractivity contribution >= 4 is 21.9 Å². The number of ether oxygens (including phenoxy) is 1. The summed E-state index contributed by atoms with van der Waals surface area (Å²) in [6.07, 6.45) is 0.169. The van der Waals surface area contributed by atoms with Gasteiger partial charge in [-0.3, -0.25) is 4.79 Å². The number of amides is 1. The van der Waals surface area contributed by atoms with E-state index in [4.69, 9.17) is 4.74 Å². The first kappa shape index (κ1) is 17.9. The normalized spacial score (nSPS) is 10.8. The van der Waals surface area contributed by atoms with Gasteiger partial charge in [-0.1, -0.05) is 24.3 Å². The van der Waals surface area contributed by atoms with Crippen LogP contribution in [0.25, 0.3) is 0 Å². The van der Waals surface area contributed by atoms with Gasteiger partial charge in [0, 0.05) is 12.0 Å². The predicted octanol–water partition coefficient (Wildman–Crippen LogP) is 1.70. The number of benzene rings is 1. The third-order valence-electron chi connectivity index (χ3n) is 2.71. The number of carbonyl (C=O) groups is 2. The lowest BCUT2D eigenvalue weighted by Gasteiger charge is -2.07. The van der Waals surface area contributed by atoms with Crippen molar-refractivity contribution in [3.8, 4) is 0 Å². The fourth-order valence-electron chi connectivity index (χ4n) is 1.50. The molecular formula is C15H19NO5S.